The first-order valence-electron chi connectivity index (χ1n) is 5.80. The highest BCUT2D eigenvalue weighted by atomic mass is 35.5. The Morgan fingerprint density at radius 1 is 1.50 bits per heavy atom. The first kappa shape index (κ1) is 14.8. The number of hydrogen-bond acceptors (Lipinski definition) is 4. The van der Waals surface area contributed by atoms with Gasteiger partial charge >= 0.3 is 0 Å². The molecule has 4 N–H and O–H groups in total. The third-order valence-corrected chi connectivity index (χ3v) is 2.75. The molecule has 6 heteroatoms. The Balaban J connectivity index is 3.02. The van der Waals surface area contributed by atoms with Gasteiger partial charge < -0.3 is 15.4 Å². The second-order valence-electron chi connectivity index (χ2n) is 3.85. The molecular weight excluding hydrogens is 254 g/mol. The van der Waals surface area contributed by atoms with Crippen molar-refractivity contribution in [1.29, 1.82) is 0 Å². The maximum Gasteiger partial charge on any atom is 0.256 e. The minimum atomic E-state index is -0.193. The molecule has 0 unspecified atom stereocenters. The number of carbonyl (C=O) groups excluding carboxylic acids is 1. The fourth-order valence-electron chi connectivity index (χ4n) is 1.70. The predicted octanol–water partition coefficient (Wildman–Crippen LogP) is 1.47. The van der Waals surface area contributed by atoms with E-state index in [1.807, 2.05) is 6.92 Å². The second-order valence-corrected chi connectivity index (χ2v) is 4.29. The van der Waals surface area contributed by atoms with Crippen molar-refractivity contribution in [3.05, 3.63) is 28.8 Å². The monoisotopic (exact) mass is 271 g/mol. The number of aliphatic hydroxyl groups is 1. The third-order valence-electron chi connectivity index (χ3n) is 2.52. The molecule has 1 rings (SSSR count). The lowest BCUT2D eigenvalue weighted by Crippen LogP contribution is -2.34. The number of nitrogens with zero attached hydrogens (tertiary/aromatic N) is 1. The summed E-state index contributed by atoms with van der Waals surface area (Å²) in [5.41, 5.74) is 3.40. The zero-order chi connectivity index (χ0) is 13.5. The van der Waals surface area contributed by atoms with Crippen LogP contribution in [0.15, 0.2) is 18.2 Å². The fraction of sp³-hybridized carbons (Fsp3) is 0.417. The Bertz CT molecular complexity index is 406. The van der Waals surface area contributed by atoms with Crippen LogP contribution in [-0.2, 0) is 0 Å². The summed E-state index contributed by atoms with van der Waals surface area (Å²) in [7, 11) is 0. The average Bonchev–Trinajstić information content (AvgIpc) is 2.37. The van der Waals surface area contributed by atoms with Gasteiger partial charge in [-0.3, -0.25) is 10.6 Å². The van der Waals surface area contributed by atoms with E-state index in [9.17, 15) is 4.79 Å². The molecule has 5 nitrogen and oxygen atoms in total. The number of nitrogens with two attached hydrogens (primary N) is 1. The van der Waals surface area contributed by atoms with Crippen LogP contribution >= 0.6 is 11.6 Å². The van der Waals surface area contributed by atoms with Gasteiger partial charge in [-0.05, 0) is 24.6 Å². The molecule has 0 aliphatic heterocycles. The van der Waals surface area contributed by atoms with Gasteiger partial charge in [-0.25, -0.2) is 0 Å². The summed E-state index contributed by atoms with van der Waals surface area (Å²) in [4.78, 5) is 13.9. The highest BCUT2D eigenvalue weighted by Crippen LogP contribution is 2.21. The van der Waals surface area contributed by atoms with E-state index >= 15 is 0 Å². The Morgan fingerprint density at radius 2 is 2.22 bits per heavy atom. The Kier molecular flexibility index (Phi) is 5.91. The first-order chi connectivity index (χ1) is 8.63. The molecule has 0 fully saturated rings. The first-order valence-corrected chi connectivity index (χ1v) is 6.18. The van der Waals surface area contributed by atoms with Gasteiger partial charge in [0.2, 0.25) is 0 Å². The molecule has 0 atom stereocenters. The number of carbonyl (C=O) groups is 1. The Labute approximate surface area is 111 Å². The summed E-state index contributed by atoms with van der Waals surface area (Å²) in [5.74, 6) is 5.18. The van der Waals surface area contributed by atoms with E-state index in [1.165, 1.54) is 0 Å². The van der Waals surface area contributed by atoms with E-state index in [0.29, 0.717) is 29.4 Å². The van der Waals surface area contributed by atoms with Crippen molar-refractivity contribution in [2.75, 3.05) is 25.1 Å². The number of nitrogen functional groups attached to an aromatic ring is 1. The topological polar surface area (TPSA) is 78.6 Å². The number of nitrogens with one attached hydrogen (secondary N) is 1. The molecule has 0 bridgehead atoms. The van der Waals surface area contributed by atoms with Gasteiger partial charge in [-0.2, -0.15) is 0 Å². The SMILES string of the molecule is CCCN(CCO)C(=O)c1cc(Cl)ccc1NN. The average molecular weight is 272 g/mol. The summed E-state index contributed by atoms with van der Waals surface area (Å²) in [6.45, 7) is 2.77. The van der Waals surface area contributed by atoms with Crippen LogP contribution in [-0.4, -0.2) is 35.6 Å². The van der Waals surface area contributed by atoms with Crippen LogP contribution in [0.1, 0.15) is 23.7 Å². The lowest BCUT2D eigenvalue weighted by Gasteiger charge is -2.22. The highest BCUT2D eigenvalue weighted by molar-refractivity contribution is 6.31. The number of aliphatic hydroxyl groups excluding tert-OH is 1. The molecule has 0 saturated carbocycles. The van der Waals surface area contributed by atoms with E-state index in [0.717, 1.165) is 6.42 Å². The third kappa shape index (κ3) is 3.60. The molecule has 0 aliphatic rings. The number of hydrazine groups is 1. The molecule has 0 spiro atoms. The molecule has 100 valence electrons. The van der Waals surface area contributed by atoms with E-state index < -0.39 is 0 Å². The number of halogens is 1. The van der Waals surface area contributed by atoms with Crippen molar-refractivity contribution >= 4 is 23.2 Å². The molecule has 0 aromatic heterocycles. The van der Waals surface area contributed by atoms with Gasteiger partial charge in [0.05, 0.1) is 17.9 Å². The van der Waals surface area contributed by atoms with Crippen LogP contribution in [0.5, 0.6) is 0 Å². The zero-order valence-corrected chi connectivity index (χ0v) is 11.1. The van der Waals surface area contributed by atoms with Crippen LogP contribution in [0, 0.1) is 0 Å². The molecule has 1 amide bonds. The van der Waals surface area contributed by atoms with Crippen molar-refractivity contribution in [1.82, 2.24) is 4.90 Å². The van der Waals surface area contributed by atoms with Crippen LogP contribution in [0.4, 0.5) is 5.69 Å². The van der Waals surface area contributed by atoms with Crippen LogP contribution in [0.3, 0.4) is 0 Å². The Hall–Kier alpha value is -1.30. The van der Waals surface area contributed by atoms with Crippen LogP contribution in [0.2, 0.25) is 5.02 Å². The molecule has 1 aromatic rings. The fourth-order valence-corrected chi connectivity index (χ4v) is 1.87. The molecule has 0 radical (unpaired) electrons. The maximum absolute atomic E-state index is 12.3. The van der Waals surface area contributed by atoms with Crippen molar-refractivity contribution in [3.63, 3.8) is 0 Å². The smallest absolute Gasteiger partial charge is 0.256 e. The Morgan fingerprint density at radius 3 is 2.78 bits per heavy atom. The summed E-state index contributed by atoms with van der Waals surface area (Å²) in [6, 6.07) is 4.88. The van der Waals surface area contributed by atoms with E-state index in [2.05, 4.69) is 5.43 Å². The van der Waals surface area contributed by atoms with E-state index in [4.69, 9.17) is 22.6 Å². The van der Waals surface area contributed by atoms with Gasteiger partial charge in [0.15, 0.2) is 0 Å². The van der Waals surface area contributed by atoms with Crippen molar-refractivity contribution in [3.8, 4) is 0 Å². The number of rotatable bonds is 6. The number of amides is 1. The lowest BCUT2D eigenvalue weighted by atomic mass is 10.1. The second kappa shape index (κ2) is 7.20. The molecule has 0 saturated heterocycles. The maximum atomic E-state index is 12.3. The van der Waals surface area contributed by atoms with Crippen LogP contribution < -0.4 is 11.3 Å². The van der Waals surface area contributed by atoms with Gasteiger partial charge in [0.25, 0.3) is 5.91 Å². The van der Waals surface area contributed by atoms with E-state index in [1.54, 1.807) is 23.1 Å². The van der Waals surface area contributed by atoms with Gasteiger partial charge in [-0.1, -0.05) is 18.5 Å². The van der Waals surface area contributed by atoms with Gasteiger partial charge in [0, 0.05) is 18.1 Å². The predicted molar refractivity (Wildman–Crippen MR) is 72.5 cm³/mol. The normalized spacial score (nSPS) is 10.2. The largest absolute Gasteiger partial charge is 0.395 e. The van der Waals surface area contributed by atoms with Crippen LogP contribution in [0.25, 0.3) is 0 Å². The van der Waals surface area contributed by atoms with Gasteiger partial charge in [-0.15, -0.1) is 0 Å². The van der Waals surface area contributed by atoms with Crippen molar-refractivity contribution in [2.45, 2.75) is 13.3 Å². The van der Waals surface area contributed by atoms with E-state index in [-0.39, 0.29) is 12.5 Å². The van der Waals surface area contributed by atoms with Crippen molar-refractivity contribution in [2.24, 2.45) is 5.84 Å². The number of benzene rings is 1. The zero-order valence-electron chi connectivity index (χ0n) is 10.3. The summed E-state index contributed by atoms with van der Waals surface area (Å²) in [5, 5.41) is 9.45. The highest BCUT2D eigenvalue weighted by Gasteiger charge is 2.18. The molecule has 1 aromatic carbocycles. The minimum Gasteiger partial charge on any atom is -0.395 e. The summed E-state index contributed by atoms with van der Waals surface area (Å²) in [6.07, 6.45) is 0.817. The summed E-state index contributed by atoms with van der Waals surface area (Å²) < 4.78 is 0. The molecule has 0 heterocycles. The number of anilines is 1. The molecular formula is C12H18ClN3O2. The standard InChI is InChI=1S/C12H18ClN3O2/c1-2-5-16(6-7-17)12(18)10-8-9(13)3-4-11(10)15-14/h3-4,8,15,17H,2,5-7,14H2,1H3. The van der Waals surface area contributed by atoms with Gasteiger partial charge in [0.1, 0.15) is 0 Å². The minimum absolute atomic E-state index is 0.0717. The summed E-state index contributed by atoms with van der Waals surface area (Å²) >= 11 is 5.89. The van der Waals surface area contributed by atoms with Crippen molar-refractivity contribution < 1.29 is 9.90 Å². The lowest BCUT2D eigenvalue weighted by molar-refractivity contribution is 0.0723. The molecule has 0 aliphatic carbocycles. The quantitative estimate of drug-likeness (QED) is 0.541. The number of hydrogen-bond donors (Lipinski definition) is 3. The molecule has 18 heavy (non-hydrogen) atoms.